The molecule has 0 N–H and O–H groups in total. The zero-order valence-corrected chi connectivity index (χ0v) is 30.1. The number of halogens is 1. The van der Waals surface area contributed by atoms with Crippen molar-refractivity contribution in [3.8, 4) is 33.4 Å². The first-order valence-electron chi connectivity index (χ1n) is 17.3. The standard InChI is InChI=1S/C42H40N3O4.BrH/c1-3-5-21-45(22-6-4-2)27-39-37(29-15-11-17-33(23-29)43(46)47)25-31-13-7-9-19-35(31)41(39)42-36-20-10-8-14-32(36)26-38(40(42)28-45)30-16-12-18-34(24-30)44(48)49;/h7-20,23-26H,3-6,21-22,27-28H2,1-2H3;1H/q+1;. The number of unbranched alkanes of at least 4 members (excludes halogenated alkanes) is 2. The van der Waals surface area contributed by atoms with E-state index in [0.717, 1.165) is 111 Å². The Morgan fingerprint density at radius 1 is 0.580 bits per heavy atom. The molecule has 254 valence electrons. The summed E-state index contributed by atoms with van der Waals surface area (Å²) in [5, 5.41) is 28.4. The molecule has 0 saturated carbocycles. The third-order valence-corrected chi connectivity index (χ3v) is 10.3. The van der Waals surface area contributed by atoms with Gasteiger partial charge in [-0.15, -0.1) is 17.0 Å². The second-order valence-electron chi connectivity index (χ2n) is 13.4. The molecule has 1 heterocycles. The number of benzene rings is 6. The summed E-state index contributed by atoms with van der Waals surface area (Å²) < 4.78 is 0.836. The lowest BCUT2D eigenvalue weighted by Crippen LogP contribution is -2.47. The van der Waals surface area contributed by atoms with E-state index in [1.165, 1.54) is 11.1 Å². The van der Waals surface area contributed by atoms with Crippen molar-refractivity contribution >= 4 is 49.9 Å². The fraction of sp³-hybridized carbons (Fsp3) is 0.238. The monoisotopic (exact) mass is 730 g/mol. The number of non-ortho nitro benzene ring substituents is 2. The molecule has 50 heavy (non-hydrogen) atoms. The number of nitrogens with zero attached hydrogens (tertiary/aromatic N) is 3. The molecule has 0 saturated heterocycles. The summed E-state index contributed by atoms with van der Waals surface area (Å²) in [6.07, 6.45) is 4.26. The Labute approximate surface area is 302 Å². The van der Waals surface area contributed by atoms with E-state index < -0.39 is 0 Å². The molecule has 6 aromatic rings. The molecule has 1 aliphatic rings. The van der Waals surface area contributed by atoms with Gasteiger partial charge in [0.2, 0.25) is 0 Å². The van der Waals surface area contributed by atoms with Gasteiger partial charge in [-0.3, -0.25) is 20.2 Å². The number of hydrogen-bond acceptors (Lipinski definition) is 4. The summed E-state index contributed by atoms with van der Waals surface area (Å²) in [5.41, 5.74) is 8.58. The lowest BCUT2D eigenvalue weighted by atomic mass is 9.82. The van der Waals surface area contributed by atoms with Gasteiger partial charge in [0.05, 0.1) is 22.9 Å². The van der Waals surface area contributed by atoms with Crippen LogP contribution in [0.25, 0.3) is 54.9 Å². The molecule has 1 aliphatic heterocycles. The van der Waals surface area contributed by atoms with Gasteiger partial charge in [0.1, 0.15) is 13.1 Å². The van der Waals surface area contributed by atoms with Gasteiger partial charge in [-0.25, -0.2) is 0 Å². The van der Waals surface area contributed by atoms with Crippen LogP contribution >= 0.6 is 17.0 Å². The average molecular weight is 732 g/mol. The fourth-order valence-electron chi connectivity index (χ4n) is 7.91. The number of nitro groups is 2. The molecule has 0 atom stereocenters. The number of rotatable bonds is 10. The topological polar surface area (TPSA) is 86.3 Å². The molecular weight excluding hydrogens is 690 g/mol. The van der Waals surface area contributed by atoms with Gasteiger partial charge in [-0.1, -0.05) is 99.5 Å². The molecule has 0 radical (unpaired) electrons. The molecule has 0 fully saturated rings. The van der Waals surface area contributed by atoms with Crippen LogP contribution in [0, 0.1) is 20.2 Å². The van der Waals surface area contributed by atoms with Gasteiger partial charge >= 0.3 is 0 Å². The van der Waals surface area contributed by atoms with Crippen molar-refractivity contribution in [1.82, 2.24) is 0 Å². The summed E-state index contributed by atoms with van der Waals surface area (Å²) in [4.78, 5) is 23.3. The first kappa shape index (κ1) is 34.9. The molecule has 7 rings (SSSR count). The second-order valence-corrected chi connectivity index (χ2v) is 13.4. The largest absolute Gasteiger partial charge is 0.316 e. The zero-order valence-electron chi connectivity index (χ0n) is 28.4. The van der Waals surface area contributed by atoms with Crippen LogP contribution in [-0.2, 0) is 13.1 Å². The molecule has 0 spiro atoms. The summed E-state index contributed by atoms with van der Waals surface area (Å²) in [7, 11) is 0. The number of quaternary nitrogens is 1. The molecule has 7 nitrogen and oxygen atoms in total. The van der Waals surface area contributed by atoms with E-state index >= 15 is 0 Å². The van der Waals surface area contributed by atoms with Gasteiger partial charge in [0.25, 0.3) is 11.4 Å². The lowest BCUT2D eigenvalue weighted by Gasteiger charge is -2.39. The van der Waals surface area contributed by atoms with Crippen molar-refractivity contribution in [2.24, 2.45) is 0 Å². The third kappa shape index (κ3) is 6.41. The van der Waals surface area contributed by atoms with Gasteiger partial charge in [-0.05, 0) is 68.8 Å². The number of hydrogen-bond donors (Lipinski definition) is 0. The second kappa shape index (κ2) is 14.5. The van der Waals surface area contributed by atoms with Gasteiger partial charge in [-0.2, -0.15) is 0 Å². The minimum Gasteiger partial charge on any atom is -0.316 e. The summed E-state index contributed by atoms with van der Waals surface area (Å²) >= 11 is 0. The lowest BCUT2D eigenvalue weighted by molar-refractivity contribution is -0.953. The smallest absolute Gasteiger partial charge is 0.270 e. The highest BCUT2D eigenvalue weighted by Gasteiger charge is 2.37. The third-order valence-electron chi connectivity index (χ3n) is 10.3. The fourth-order valence-corrected chi connectivity index (χ4v) is 7.91. The van der Waals surface area contributed by atoms with E-state index in [0.29, 0.717) is 0 Å². The van der Waals surface area contributed by atoms with E-state index in [-0.39, 0.29) is 38.2 Å². The summed E-state index contributed by atoms with van der Waals surface area (Å²) in [5.74, 6) is 0. The normalized spacial score (nSPS) is 13.2. The maximum Gasteiger partial charge on any atom is 0.270 e. The molecule has 6 aromatic carbocycles. The highest BCUT2D eigenvalue weighted by molar-refractivity contribution is 8.93. The van der Waals surface area contributed by atoms with E-state index in [4.69, 9.17) is 0 Å². The van der Waals surface area contributed by atoms with E-state index in [2.05, 4.69) is 62.4 Å². The van der Waals surface area contributed by atoms with Gasteiger partial charge < -0.3 is 4.48 Å². The Morgan fingerprint density at radius 3 is 1.40 bits per heavy atom. The quantitative estimate of drug-likeness (QED) is 0.0797. The van der Waals surface area contributed by atoms with Crippen LogP contribution in [0.2, 0.25) is 0 Å². The first-order valence-corrected chi connectivity index (χ1v) is 17.3. The molecule has 0 unspecified atom stereocenters. The maximum atomic E-state index is 12.0. The number of nitro benzene ring substituents is 2. The van der Waals surface area contributed by atoms with E-state index in [1.807, 2.05) is 24.3 Å². The molecule has 0 aliphatic carbocycles. The Hall–Kier alpha value is -4.92. The van der Waals surface area contributed by atoms with Crippen LogP contribution in [0.3, 0.4) is 0 Å². The van der Waals surface area contributed by atoms with E-state index in [9.17, 15) is 20.2 Å². The molecule has 0 amide bonds. The van der Waals surface area contributed by atoms with Crippen molar-refractivity contribution in [2.45, 2.75) is 52.6 Å². The minimum atomic E-state index is -0.319. The van der Waals surface area contributed by atoms with Crippen LogP contribution in [0.5, 0.6) is 0 Å². The zero-order chi connectivity index (χ0) is 34.1. The van der Waals surface area contributed by atoms with Crippen LogP contribution in [0.15, 0.2) is 109 Å². The average Bonchev–Trinajstić information content (AvgIpc) is 3.28. The molecular formula is C42H41BrN3O4+. The predicted octanol–water partition coefficient (Wildman–Crippen LogP) is 11.8. The Bertz CT molecular complexity index is 2090. The summed E-state index contributed by atoms with van der Waals surface area (Å²) in [6.45, 7) is 7.99. The first-order chi connectivity index (χ1) is 23.8. The maximum absolute atomic E-state index is 12.0. The highest BCUT2D eigenvalue weighted by atomic mass is 79.9. The predicted molar refractivity (Wildman–Crippen MR) is 209 cm³/mol. The Kier molecular flexibility index (Phi) is 10.1. The minimum absolute atomic E-state index is 0. The van der Waals surface area contributed by atoms with Crippen molar-refractivity contribution in [3.63, 3.8) is 0 Å². The number of fused-ring (bicyclic) bond motifs is 7. The Morgan fingerprint density at radius 2 is 1.00 bits per heavy atom. The van der Waals surface area contributed by atoms with Crippen LogP contribution < -0.4 is 0 Å². The molecule has 0 aromatic heterocycles. The highest BCUT2D eigenvalue weighted by Crippen LogP contribution is 2.50. The van der Waals surface area contributed by atoms with Crippen molar-refractivity contribution in [1.29, 1.82) is 0 Å². The molecule has 8 heteroatoms. The molecule has 0 bridgehead atoms. The summed E-state index contributed by atoms with van der Waals surface area (Å²) in [6, 6.07) is 35.4. The SMILES string of the molecule is Br.CCCC[N+]1(CCCC)Cc2c(-c3cccc([N+](=O)[O-])c3)cc3ccccc3c2-c2c(c(-c3cccc([N+](=O)[O-])c3)cc3ccccc23)C1. The van der Waals surface area contributed by atoms with Crippen LogP contribution in [0.4, 0.5) is 11.4 Å². The van der Waals surface area contributed by atoms with Gasteiger partial charge in [0, 0.05) is 46.5 Å². The van der Waals surface area contributed by atoms with Crippen LogP contribution in [0.1, 0.15) is 50.7 Å². The van der Waals surface area contributed by atoms with Crippen LogP contribution in [-0.4, -0.2) is 27.4 Å². The Balaban J connectivity index is 0.00000432. The van der Waals surface area contributed by atoms with Crippen molar-refractivity contribution in [2.75, 3.05) is 13.1 Å². The van der Waals surface area contributed by atoms with E-state index in [1.54, 1.807) is 36.4 Å². The van der Waals surface area contributed by atoms with Crippen molar-refractivity contribution < 1.29 is 14.3 Å². The van der Waals surface area contributed by atoms with Gasteiger partial charge in [0.15, 0.2) is 0 Å². The van der Waals surface area contributed by atoms with Crippen molar-refractivity contribution in [3.05, 3.63) is 141 Å².